The molecule has 0 aromatic carbocycles. The number of rotatable bonds is 34. The van der Waals surface area contributed by atoms with Crippen molar-refractivity contribution >= 4 is 11.8 Å². The molecule has 0 saturated carbocycles. The molecule has 6 heteroatoms. The van der Waals surface area contributed by atoms with Crippen LogP contribution >= 0.6 is 0 Å². The molecule has 0 aliphatic carbocycles. The summed E-state index contributed by atoms with van der Waals surface area (Å²) < 4.78 is 0. The van der Waals surface area contributed by atoms with E-state index in [9.17, 15) is 19.8 Å². The zero-order valence-corrected chi connectivity index (χ0v) is 28.8. The summed E-state index contributed by atoms with van der Waals surface area (Å²) >= 11 is 0. The number of hydrogen-bond acceptors (Lipinski definition) is 4. The highest BCUT2D eigenvalue weighted by atomic mass is 16.5. The number of primary amides is 1. The first-order chi connectivity index (χ1) is 20.9. The van der Waals surface area contributed by atoms with E-state index in [1.165, 1.54) is 141 Å². The molecule has 2 amide bonds. The van der Waals surface area contributed by atoms with E-state index < -0.39 is 23.5 Å². The summed E-state index contributed by atoms with van der Waals surface area (Å²) in [4.78, 5) is 25.8. The van der Waals surface area contributed by atoms with Crippen LogP contribution in [0.15, 0.2) is 0 Å². The number of hydrogen-bond donors (Lipinski definition) is 4. The summed E-state index contributed by atoms with van der Waals surface area (Å²) in [6.45, 7) is 4.24. The molecule has 0 saturated heterocycles. The fourth-order valence-corrected chi connectivity index (χ4v) is 6.31. The molecule has 6 nitrogen and oxygen atoms in total. The first-order valence-electron chi connectivity index (χ1n) is 18.8. The zero-order chi connectivity index (χ0) is 31.9. The summed E-state index contributed by atoms with van der Waals surface area (Å²) in [5.41, 5.74) is 4.60. The van der Waals surface area contributed by atoms with Crippen LogP contribution in [0, 0.1) is 5.41 Å². The van der Waals surface area contributed by atoms with E-state index in [0.717, 1.165) is 38.5 Å². The van der Waals surface area contributed by atoms with Crippen molar-refractivity contribution in [3.63, 3.8) is 0 Å². The fourth-order valence-electron chi connectivity index (χ4n) is 6.31. The lowest BCUT2D eigenvalue weighted by Crippen LogP contribution is -2.51. The highest BCUT2D eigenvalue weighted by molar-refractivity contribution is 6.04. The lowest BCUT2D eigenvalue weighted by molar-refractivity contribution is -0.144. The standard InChI is InChI=1S/C37H74N2O4/c1-3-5-7-9-11-13-15-17-19-21-23-25-27-29-31-37(35(38)42,36(43)39-33-34(40)41)32-30-28-26-24-22-20-18-16-14-12-10-8-6-4-2/h34,40-41H,3-33H2,1-2H3,(H2,38,42)(H,39,43). The van der Waals surface area contributed by atoms with E-state index in [1.54, 1.807) is 0 Å². The van der Waals surface area contributed by atoms with Crippen molar-refractivity contribution in [1.82, 2.24) is 5.32 Å². The van der Waals surface area contributed by atoms with Gasteiger partial charge in [-0.25, -0.2) is 0 Å². The second-order valence-electron chi connectivity index (χ2n) is 13.3. The fraction of sp³-hybridized carbons (Fsp3) is 0.946. The molecular weight excluding hydrogens is 536 g/mol. The topological polar surface area (TPSA) is 113 Å². The minimum atomic E-state index is -1.64. The average molecular weight is 611 g/mol. The Labute approximate surface area is 267 Å². The Morgan fingerprint density at radius 3 is 1.00 bits per heavy atom. The molecule has 0 aromatic rings. The molecule has 0 spiro atoms. The van der Waals surface area contributed by atoms with Crippen LogP contribution in [0.1, 0.15) is 206 Å². The Kier molecular flexibility index (Phi) is 30.0. The molecule has 5 N–H and O–H groups in total. The van der Waals surface area contributed by atoms with E-state index in [4.69, 9.17) is 5.73 Å². The molecule has 0 radical (unpaired) electrons. The van der Waals surface area contributed by atoms with Crippen molar-refractivity contribution in [3.8, 4) is 0 Å². The highest BCUT2D eigenvalue weighted by Crippen LogP contribution is 2.33. The normalized spacial score (nSPS) is 11.8. The molecular formula is C37H74N2O4. The largest absolute Gasteiger partial charge is 0.369 e. The zero-order valence-electron chi connectivity index (χ0n) is 28.8. The van der Waals surface area contributed by atoms with Gasteiger partial charge in [0.15, 0.2) is 6.29 Å². The molecule has 0 aliphatic heterocycles. The molecule has 0 fully saturated rings. The van der Waals surface area contributed by atoms with E-state index >= 15 is 0 Å². The van der Waals surface area contributed by atoms with Crippen LogP contribution in [0.25, 0.3) is 0 Å². The third-order valence-electron chi connectivity index (χ3n) is 9.27. The van der Waals surface area contributed by atoms with Gasteiger partial charge in [0.05, 0.1) is 6.54 Å². The lowest BCUT2D eigenvalue weighted by atomic mass is 9.76. The van der Waals surface area contributed by atoms with Gasteiger partial charge >= 0.3 is 0 Å². The maximum absolute atomic E-state index is 13.1. The van der Waals surface area contributed by atoms with E-state index in [1.807, 2.05) is 0 Å². The van der Waals surface area contributed by atoms with Gasteiger partial charge in [0.1, 0.15) is 5.41 Å². The second kappa shape index (κ2) is 30.9. The molecule has 0 aliphatic rings. The maximum atomic E-state index is 13.1. The van der Waals surface area contributed by atoms with Crippen molar-refractivity contribution in [3.05, 3.63) is 0 Å². The third-order valence-corrected chi connectivity index (χ3v) is 9.27. The Balaban J connectivity index is 4.26. The Morgan fingerprint density at radius 2 is 0.767 bits per heavy atom. The van der Waals surface area contributed by atoms with Gasteiger partial charge in [-0.3, -0.25) is 9.59 Å². The van der Waals surface area contributed by atoms with Crippen LogP contribution in [0.4, 0.5) is 0 Å². The first-order valence-corrected chi connectivity index (χ1v) is 18.8. The van der Waals surface area contributed by atoms with Crippen molar-refractivity contribution in [2.24, 2.45) is 11.1 Å². The van der Waals surface area contributed by atoms with Gasteiger partial charge in [-0.05, 0) is 12.8 Å². The Bertz CT molecular complexity index is 594. The first kappa shape index (κ1) is 41.9. The molecule has 0 atom stereocenters. The van der Waals surface area contributed by atoms with Crippen molar-refractivity contribution in [2.75, 3.05) is 6.54 Å². The van der Waals surface area contributed by atoms with Gasteiger partial charge in [-0.1, -0.05) is 194 Å². The number of unbranched alkanes of at least 4 members (excludes halogenated alkanes) is 26. The molecule has 0 rings (SSSR count). The summed E-state index contributed by atoms with van der Waals surface area (Å²) in [5.74, 6) is -1.03. The third kappa shape index (κ3) is 24.8. The predicted octanol–water partition coefficient (Wildman–Crippen LogP) is 9.63. The summed E-state index contributed by atoms with van der Waals surface area (Å²) in [6.07, 6.45) is 34.3. The minimum Gasteiger partial charge on any atom is -0.369 e. The van der Waals surface area contributed by atoms with Crippen LogP contribution < -0.4 is 11.1 Å². The van der Waals surface area contributed by atoms with E-state index in [-0.39, 0.29) is 6.54 Å². The predicted molar refractivity (Wildman–Crippen MR) is 183 cm³/mol. The summed E-state index contributed by atoms with van der Waals surface area (Å²) in [6, 6.07) is 0. The van der Waals surface area contributed by atoms with Crippen molar-refractivity contribution in [2.45, 2.75) is 213 Å². The van der Waals surface area contributed by atoms with Crippen molar-refractivity contribution in [1.29, 1.82) is 0 Å². The minimum absolute atomic E-state index is 0.286. The van der Waals surface area contributed by atoms with Gasteiger partial charge in [0.25, 0.3) is 0 Å². The molecule has 0 bridgehead atoms. The SMILES string of the molecule is CCCCCCCCCCCCCCCCC(CCCCCCCCCCCCCCCC)(C(N)=O)C(=O)NCC(O)O. The number of nitrogens with two attached hydrogens (primary N) is 1. The summed E-state index contributed by atoms with van der Waals surface area (Å²) in [7, 11) is 0. The highest BCUT2D eigenvalue weighted by Gasteiger charge is 2.43. The average Bonchev–Trinajstić information content (AvgIpc) is 2.98. The van der Waals surface area contributed by atoms with Crippen LogP contribution in [0.3, 0.4) is 0 Å². The van der Waals surface area contributed by atoms with Crippen LogP contribution in [-0.2, 0) is 9.59 Å². The van der Waals surface area contributed by atoms with E-state index in [0.29, 0.717) is 12.8 Å². The van der Waals surface area contributed by atoms with Gasteiger partial charge in [0, 0.05) is 0 Å². The van der Waals surface area contributed by atoms with Crippen LogP contribution in [0.2, 0.25) is 0 Å². The van der Waals surface area contributed by atoms with Gasteiger partial charge in [0.2, 0.25) is 11.8 Å². The number of carbonyl (C=O) groups is 2. The van der Waals surface area contributed by atoms with Crippen molar-refractivity contribution < 1.29 is 19.8 Å². The molecule has 256 valence electrons. The maximum Gasteiger partial charge on any atom is 0.235 e. The molecule has 0 heterocycles. The lowest BCUT2D eigenvalue weighted by Gasteiger charge is -2.30. The molecule has 43 heavy (non-hydrogen) atoms. The van der Waals surface area contributed by atoms with Crippen LogP contribution in [-0.4, -0.2) is 34.9 Å². The van der Waals surface area contributed by atoms with Gasteiger partial charge < -0.3 is 21.3 Å². The van der Waals surface area contributed by atoms with E-state index in [2.05, 4.69) is 19.2 Å². The van der Waals surface area contributed by atoms with Crippen LogP contribution in [0.5, 0.6) is 0 Å². The number of nitrogens with one attached hydrogen (secondary N) is 1. The number of amides is 2. The Hall–Kier alpha value is -1.14. The Morgan fingerprint density at radius 1 is 0.512 bits per heavy atom. The quantitative estimate of drug-likeness (QED) is 0.0330. The van der Waals surface area contributed by atoms with Gasteiger partial charge in [-0.15, -0.1) is 0 Å². The monoisotopic (exact) mass is 611 g/mol. The second-order valence-corrected chi connectivity index (χ2v) is 13.3. The molecule has 0 unspecified atom stereocenters. The smallest absolute Gasteiger partial charge is 0.235 e. The summed E-state index contributed by atoms with van der Waals surface area (Å²) in [5, 5.41) is 21.1. The number of aliphatic hydroxyl groups excluding tert-OH is 1. The number of carbonyl (C=O) groups excluding carboxylic acids is 2. The van der Waals surface area contributed by atoms with Gasteiger partial charge in [-0.2, -0.15) is 0 Å². The molecule has 0 aromatic heterocycles. The number of aliphatic hydroxyl groups is 2.